The highest BCUT2D eigenvalue weighted by atomic mass is 35.5. The van der Waals surface area contributed by atoms with Crippen LogP contribution in [0.5, 0.6) is 0 Å². The molecule has 5 nitrogen and oxygen atoms in total. The van der Waals surface area contributed by atoms with Crippen molar-refractivity contribution >= 4 is 33.3 Å². The lowest BCUT2D eigenvalue weighted by atomic mass is 9.95. The molecule has 1 unspecified atom stereocenters. The summed E-state index contributed by atoms with van der Waals surface area (Å²) in [6.07, 6.45) is 2.40. The van der Waals surface area contributed by atoms with Crippen molar-refractivity contribution in [2.45, 2.75) is 50.0 Å². The third-order valence-electron chi connectivity index (χ3n) is 4.94. The lowest BCUT2D eigenvalue weighted by molar-refractivity contribution is -0.137. The number of benzene rings is 2. The van der Waals surface area contributed by atoms with E-state index in [4.69, 9.17) is 16.7 Å². The average Bonchev–Trinajstić information content (AvgIpc) is 2.63. The van der Waals surface area contributed by atoms with Gasteiger partial charge in [-0.3, -0.25) is 9.10 Å². The van der Waals surface area contributed by atoms with Crippen LogP contribution in [0.25, 0.3) is 0 Å². The van der Waals surface area contributed by atoms with Crippen LogP contribution in [0.15, 0.2) is 47.4 Å². The van der Waals surface area contributed by atoms with Gasteiger partial charge in [-0.05, 0) is 61.9 Å². The summed E-state index contributed by atoms with van der Waals surface area (Å²) >= 11 is 6.17. The Bertz CT molecular complexity index is 958. The van der Waals surface area contributed by atoms with Crippen LogP contribution in [-0.4, -0.2) is 25.5 Å². The van der Waals surface area contributed by atoms with Crippen LogP contribution in [0.4, 0.5) is 5.69 Å². The molecular weight excluding hydrogens is 386 g/mol. The van der Waals surface area contributed by atoms with E-state index >= 15 is 0 Å². The second kappa shape index (κ2) is 7.90. The number of aryl methyl sites for hydroxylation is 2. The summed E-state index contributed by atoms with van der Waals surface area (Å²) in [4.78, 5) is 11.0. The number of carboxylic acid groups (broad SMARTS) is 1. The van der Waals surface area contributed by atoms with E-state index in [1.807, 2.05) is 31.2 Å². The molecule has 3 rings (SSSR count). The van der Waals surface area contributed by atoms with Gasteiger partial charge in [0, 0.05) is 17.5 Å². The second-order valence-electron chi connectivity index (χ2n) is 6.82. The van der Waals surface area contributed by atoms with E-state index in [2.05, 4.69) is 0 Å². The van der Waals surface area contributed by atoms with E-state index in [9.17, 15) is 13.2 Å². The molecule has 144 valence electrons. The van der Waals surface area contributed by atoms with Gasteiger partial charge in [-0.2, -0.15) is 0 Å². The number of aliphatic carboxylic acids is 1. The van der Waals surface area contributed by atoms with Crippen molar-refractivity contribution in [3.05, 3.63) is 58.6 Å². The maximum Gasteiger partial charge on any atom is 0.303 e. The summed E-state index contributed by atoms with van der Waals surface area (Å²) in [7, 11) is -3.81. The summed E-state index contributed by atoms with van der Waals surface area (Å²) in [5.41, 5.74) is 2.46. The lowest BCUT2D eigenvalue weighted by Gasteiger charge is -2.38. The molecular formula is C20H22ClNO4S. The minimum Gasteiger partial charge on any atom is -0.481 e. The quantitative estimate of drug-likeness (QED) is 0.769. The summed E-state index contributed by atoms with van der Waals surface area (Å²) < 4.78 is 28.4. The molecule has 27 heavy (non-hydrogen) atoms. The molecule has 0 aromatic heterocycles. The molecule has 0 fully saturated rings. The molecule has 0 amide bonds. The maximum atomic E-state index is 13.5. The van der Waals surface area contributed by atoms with Crippen molar-refractivity contribution in [3.63, 3.8) is 0 Å². The van der Waals surface area contributed by atoms with Crippen LogP contribution in [0.1, 0.15) is 36.8 Å². The topological polar surface area (TPSA) is 74.7 Å². The number of para-hydroxylation sites is 1. The number of nitrogens with zero attached hydrogens (tertiary/aromatic N) is 1. The van der Waals surface area contributed by atoms with Crippen molar-refractivity contribution in [1.82, 2.24) is 0 Å². The van der Waals surface area contributed by atoms with E-state index in [-0.39, 0.29) is 17.4 Å². The highest BCUT2D eigenvalue weighted by Crippen LogP contribution is 2.37. The van der Waals surface area contributed by atoms with Gasteiger partial charge in [0.25, 0.3) is 10.0 Å². The van der Waals surface area contributed by atoms with E-state index in [1.54, 1.807) is 12.1 Å². The highest BCUT2D eigenvalue weighted by molar-refractivity contribution is 7.92. The first-order valence-electron chi connectivity index (χ1n) is 8.91. The van der Waals surface area contributed by atoms with Crippen molar-refractivity contribution < 1.29 is 18.3 Å². The van der Waals surface area contributed by atoms with Gasteiger partial charge in [-0.25, -0.2) is 8.42 Å². The van der Waals surface area contributed by atoms with Gasteiger partial charge >= 0.3 is 5.97 Å². The molecule has 0 aliphatic carbocycles. The van der Waals surface area contributed by atoms with Crippen LogP contribution in [0.3, 0.4) is 0 Å². The van der Waals surface area contributed by atoms with Gasteiger partial charge in [0.05, 0.1) is 10.6 Å². The first-order valence-corrected chi connectivity index (χ1v) is 10.7. The number of carbonyl (C=O) groups is 1. The molecule has 1 heterocycles. The molecule has 7 heteroatoms. The van der Waals surface area contributed by atoms with Crippen LogP contribution >= 0.6 is 11.6 Å². The molecule has 2 aromatic carbocycles. The zero-order chi connectivity index (χ0) is 19.6. The van der Waals surface area contributed by atoms with Crippen molar-refractivity contribution in [2.75, 3.05) is 4.31 Å². The van der Waals surface area contributed by atoms with Gasteiger partial charge in [0.15, 0.2) is 0 Å². The van der Waals surface area contributed by atoms with E-state index in [1.165, 1.54) is 10.4 Å². The monoisotopic (exact) mass is 407 g/mol. The third kappa shape index (κ3) is 4.12. The molecule has 1 aliphatic heterocycles. The van der Waals surface area contributed by atoms with Crippen LogP contribution in [0, 0.1) is 6.92 Å². The minimum absolute atomic E-state index is 0.0302. The summed E-state index contributed by atoms with van der Waals surface area (Å²) in [6, 6.07) is 12.0. The van der Waals surface area contributed by atoms with Gasteiger partial charge < -0.3 is 5.11 Å². The standard InChI is InChI=1S/C20H22ClNO4S/c1-14-9-12-17(13-18(14)21)27(25,26)22-16(6-4-8-20(23)24)11-10-15-5-2-3-7-19(15)22/h2-3,5,7,9,12-13,16H,4,6,8,10-11H2,1H3,(H,23,24). The number of carboxylic acids is 1. The fourth-order valence-electron chi connectivity index (χ4n) is 3.50. The molecule has 0 spiro atoms. The van der Waals surface area contributed by atoms with Crippen molar-refractivity contribution in [3.8, 4) is 0 Å². The predicted molar refractivity (Wildman–Crippen MR) is 106 cm³/mol. The molecule has 1 atom stereocenters. The molecule has 0 radical (unpaired) electrons. The van der Waals surface area contributed by atoms with Crippen LogP contribution < -0.4 is 4.31 Å². The number of rotatable bonds is 6. The summed E-state index contributed by atoms with van der Waals surface area (Å²) in [5.74, 6) is -0.870. The normalized spacial score (nSPS) is 16.8. The third-order valence-corrected chi connectivity index (χ3v) is 7.21. The Kier molecular flexibility index (Phi) is 5.77. The van der Waals surface area contributed by atoms with Gasteiger partial charge in [-0.15, -0.1) is 0 Å². The molecule has 2 aromatic rings. The van der Waals surface area contributed by atoms with E-state index in [0.29, 0.717) is 30.0 Å². The fraction of sp³-hybridized carbons (Fsp3) is 0.350. The van der Waals surface area contributed by atoms with Crippen LogP contribution in [0.2, 0.25) is 5.02 Å². The number of fused-ring (bicyclic) bond motifs is 1. The van der Waals surface area contributed by atoms with Gasteiger partial charge in [-0.1, -0.05) is 35.9 Å². The van der Waals surface area contributed by atoms with Crippen molar-refractivity contribution in [2.24, 2.45) is 0 Å². The first kappa shape index (κ1) is 19.7. The molecule has 1 aliphatic rings. The van der Waals surface area contributed by atoms with Gasteiger partial charge in [0.2, 0.25) is 0 Å². The van der Waals surface area contributed by atoms with Crippen molar-refractivity contribution in [1.29, 1.82) is 0 Å². The van der Waals surface area contributed by atoms with Crippen LogP contribution in [-0.2, 0) is 21.2 Å². The Morgan fingerprint density at radius 2 is 2.00 bits per heavy atom. The predicted octanol–water partition coefficient (Wildman–Crippen LogP) is 4.41. The Morgan fingerprint density at radius 3 is 2.70 bits per heavy atom. The second-order valence-corrected chi connectivity index (χ2v) is 9.04. The summed E-state index contributed by atoms with van der Waals surface area (Å²) in [5, 5.41) is 9.32. The SMILES string of the molecule is Cc1ccc(S(=O)(=O)N2c3ccccc3CCC2CCCC(=O)O)cc1Cl. The Hall–Kier alpha value is -2.05. The maximum absolute atomic E-state index is 13.5. The number of anilines is 1. The van der Waals surface area contributed by atoms with E-state index < -0.39 is 16.0 Å². The zero-order valence-corrected chi connectivity index (χ0v) is 16.6. The Morgan fingerprint density at radius 1 is 1.26 bits per heavy atom. The average molecular weight is 408 g/mol. The highest BCUT2D eigenvalue weighted by Gasteiger charge is 2.35. The zero-order valence-electron chi connectivity index (χ0n) is 15.1. The fourth-order valence-corrected chi connectivity index (χ4v) is 5.52. The molecule has 1 N–H and O–H groups in total. The first-order chi connectivity index (χ1) is 12.8. The van der Waals surface area contributed by atoms with E-state index in [0.717, 1.165) is 17.5 Å². The Balaban J connectivity index is 2.02. The smallest absolute Gasteiger partial charge is 0.303 e. The number of hydrogen-bond donors (Lipinski definition) is 1. The number of sulfonamides is 1. The molecule has 0 bridgehead atoms. The Labute approximate surface area is 164 Å². The number of halogens is 1. The van der Waals surface area contributed by atoms with Gasteiger partial charge in [0.1, 0.15) is 0 Å². The minimum atomic E-state index is -3.81. The largest absolute Gasteiger partial charge is 0.481 e. The molecule has 0 saturated heterocycles. The number of hydrogen-bond acceptors (Lipinski definition) is 3. The molecule has 0 saturated carbocycles. The summed E-state index contributed by atoms with van der Waals surface area (Å²) in [6.45, 7) is 1.82. The lowest BCUT2D eigenvalue weighted by Crippen LogP contribution is -2.43.